The maximum Gasteiger partial charge on any atom is 0.161 e. The van der Waals surface area contributed by atoms with Crippen LogP contribution in [0.4, 0.5) is 0 Å². The minimum atomic E-state index is 0.333. The smallest absolute Gasteiger partial charge is 0.161 e. The van der Waals surface area contributed by atoms with Gasteiger partial charge in [-0.15, -0.1) is 0 Å². The molecule has 1 heterocycles. The molecule has 0 aliphatic heterocycles. The summed E-state index contributed by atoms with van der Waals surface area (Å²) in [6.07, 6.45) is 4.35. The van der Waals surface area contributed by atoms with Crippen molar-refractivity contribution in [1.29, 1.82) is 0 Å². The molecule has 1 aliphatic rings. The lowest BCUT2D eigenvalue weighted by atomic mass is 9.81. The second-order valence-corrected chi connectivity index (χ2v) is 3.82. The fourth-order valence-corrected chi connectivity index (χ4v) is 2.05. The van der Waals surface area contributed by atoms with Crippen molar-refractivity contribution in [2.45, 2.75) is 25.2 Å². The van der Waals surface area contributed by atoms with E-state index in [0.29, 0.717) is 16.6 Å². The van der Waals surface area contributed by atoms with E-state index < -0.39 is 0 Å². The Balaban J connectivity index is 2.46. The Morgan fingerprint density at radius 1 is 1.62 bits per heavy atom. The third-order valence-electron chi connectivity index (χ3n) is 2.69. The predicted molar refractivity (Wildman–Crippen MR) is 50.2 cm³/mol. The fraction of sp³-hybridized carbons (Fsp3) is 0.556. The molecule has 0 unspecified atom stereocenters. The van der Waals surface area contributed by atoms with Gasteiger partial charge in [0.05, 0.1) is 11.3 Å². The molecule has 0 amide bonds. The molecule has 0 radical (unpaired) electrons. The van der Waals surface area contributed by atoms with Gasteiger partial charge in [-0.2, -0.15) is 5.10 Å². The highest BCUT2D eigenvalue weighted by Crippen LogP contribution is 2.38. The molecule has 2 rings (SSSR count). The van der Waals surface area contributed by atoms with Crippen molar-refractivity contribution in [1.82, 2.24) is 9.78 Å². The summed E-state index contributed by atoms with van der Waals surface area (Å²) < 4.78 is 1.73. The van der Waals surface area contributed by atoms with Gasteiger partial charge in [-0.3, -0.25) is 9.48 Å². The van der Waals surface area contributed by atoms with Crippen LogP contribution in [0.15, 0.2) is 0 Å². The van der Waals surface area contributed by atoms with Crippen molar-refractivity contribution in [3.8, 4) is 0 Å². The van der Waals surface area contributed by atoms with E-state index in [-0.39, 0.29) is 0 Å². The van der Waals surface area contributed by atoms with Gasteiger partial charge in [0.15, 0.2) is 11.4 Å². The van der Waals surface area contributed by atoms with E-state index in [2.05, 4.69) is 5.10 Å². The molecular weight excluding hydrogens is 188 g/mol. The summed E-state index contributed by atoms with van der Waals surface area (Å²) in [5.74, 6) is 0.491. The minimum absolute atomic E-state index is 0.333. The number of carbonyl (C=O) groups is 1. The third kappa shape index (κ3) is 1.27. The van der Waals surface area contributed by atoms with Gasteiger partial charge in [0.1, 0.15) is 0 Å². The molecule has 4 heteroatoms. The van der Waals surface area contributed by atoms with Crippen LogP contribution in [0.25, 0.3) is 0 Å². The lowest BCUT2D eigenvalue weighted by Crippen LogP contribution is -2.14. The highest BCUT2D eigenvalue weighted by atomic mass is 35.5. The normalized spacial score (nSPS) is 17.1. The Hall–Kier alpha value is -0.830. The van der Waals surface area contributed by atoms with E-state index in [4.69, 9.17) is 11.6 Å². The lowest BCUT2D eigenvalue weighted by molar-refractivity contribution is 0.112. The molecule has 0 N–H and O–H groups in total. The molecule has 0 saturated heterocycles. The Morgan fingerprint density at radius 3 is 2.77 bits per heavy atom. The fourth-order valence-electron chi connectivity index (χ4n) is 1.79. The van der Waals surface area contributed by atoms with E-state index >= 15 is 0 Å². The molecule has 0 atom stereocenters. The van der Waals surface area contributed by atoms with Crippen LogP contribution in [-0.2, 0) is 7.05 Å². The Morgan fingerprint density at radius 2 is 2.31 bits per heavy atom. The summed E-state index contributed by atoms with van der Waals surface area (Å²) in [5.41, 5.74) is 1.58. The number of nitrogens with zero attached hydrogens (tertiary/aromatic N) is 2. The zero-order valence-electron chi connectivity index (χ0n) is 7.46. The van der Waals surface area contributed by atoms with Crippen LogP contribution >= 0.6 is 11.6 Å². The van der Waals surface area contributed by atoms with Crippen LogP contribution in [0.5, 0.6) is 0 Å². The quantitative estimate of drug-likeness (QED) is 0.683. The monoisotopic (exact) mass is 198 g/mol. The number of rotatable bonds is 2. The Kier molecular flexibility index (Phi) is 2.12. The van der Waals surface area contributed by atoms with E-state index in [1.807, 2.05) is 7.05 Å². The van der Waals surface area contributed by atoms with E-state index in [1.165, 1.54) is 6.42 Å². The van der Waals surface area contributed by atoms with Gasteiger partial charge in [0, 0.05) is 13.0 Å². The van der Waals surface area contributed by atoms with Crippen molar-refractivity contribution < 1.29 is 4.79 Å². The Labute approximate surface area is 81.7 Å². The van der Waals surface area contributed by atoms with Crippen LogP contribution in [0.2, 0.25) is 5.15 Å². The van der Waals surface area contributed by atoms with Crippen LogP contribution in [0.3, 0.4) is 0 Å². The number of aldehydes is 1. The van der Waals surface area contributed by atoms with Gasteiger partial charge in [0.2, 0.25) is 0 Å². The second-order valence-electron chi connectivity index (χ2n) is 3.46. The summed E-state index contributed by atoms with van der Waals surface area (Å²) in [4.78, 5) is 10.8. The van der Waals surface area contributed by atoms with E-state index in [0.717, 1.165) is 24.8 Å². The summed E-state index contributed by atoms with van der Waals surface area (Å²) in [7, 11) is 1.84. The topological polar surface area (TPSA) is 34.9 Å². The van der Waals surface area contributed by atoms with Crippen molar-refractivity contribution in [3.63, 3.8) is 0 Å². The minimum Gasteiger partial charge on any atom is -0.298 e. The van der Waals surface area contributed by atoms with Crippen molar-refractivity contribution in [2.75, 3.05) is 0 Å². The number of carbonyl (C=O) groups excluding carboxylic acids is 1. The molecule has 1 aromatic rings. The molecule has 70 valence electrons. The summed E-state index contributed by atoms with van der Waals surface area (Å²) in [6, 6.07) is 0. The molecule has 1 aliphatic carbocycles. The standard InChI is InChI=1S/C9H11ClN2O/c1-12-8(6-3-2-4-6)7(5-13)9(10)11-12/h5-6H,2-4H2,1H3. The number of hydrogen-bond acceptors (Lipinski definition) is 2. The largest absolute Gasteiger partial charge is 0.298 e. The zero-order chi connectivity index (χ0) is 9.42. The van der Waals surface area contributed by atoms with Gasteiger partial charge in [-0.1, -0.05) is 18.0 Å². The number of aromatic nitrogens is 2. The van der Waals surface area contributed by atoms with Crippen molar-refractivity contribution in [3.05, 3.63) is 16.4 Å². The highest BCUT2D eigenvalue weighted by Gasteiger charge is 2.27. The van der Waals surface area contributed by atoms with Gasteiger partial charge in [0.25, 0.3) is 0 Å². The lowest BCUT2D eigenvalue weighted by Gasteiger charge is -2.25. The van der Waals surface area contributed by atoms with Gasteiger partial charge < -0.3 is 0 Å². The van der Waals surface area contributed by atoms with Crippen molar-refractivity contribution in [2.24, 2.45) is 7.05 Å². The first-order valence-corrected chi connectivity index (χ1v) is 4.79. The summed E-state index contributed by atoms with van der Waals surface area (Å²) >= 11 is 5.81. The molecule has 3 nitrogen and oxygen atoms in total. The first kappa shape index (κ1) is 8.75. The average Bonchev–Trinajstić information content (AvgIpc) is 2.24. The van der Waals surface area contributed by atoms with Gasteiger partial charge in [-0.05, 0) is 12.8 Å². The second kappa shape index (κ2) is 3.14. The average molecular weight is 199 g/mol. The predicted octanol–water partition coefficient (Wildman–Crippen LogP) is 2.15. The highest BCUT2D eigenvalue weighted by molar-refractivity contribution is 6.31. The SMILES string of the molecule is Cn1nc(Cl)c(C=O)c1C1CCC1. The zero-order valence-corrected chi connectivity index (χ0v) is 8.21. The maximum atomic E-state index is 10.8. The summed E-state index contributed by atoms with van der Waals surface area (Å²) in [5, 5.41) is 4.37. The maximum absolute atomic E-state index is 10.8. The first-order valence-electron chi connectivity index (χ1n) is 4.41. The summed E-state index contributed by atoms with van der Waals surface area (Å²) in [6.45, 7) is 0. The third-order valence-corrected chi connectivity index (χ3v) is 2.97. The molecule has 0 spiro atoms. The van der Waals surface area contributed by atoms with Crippen LogP contribution in [0.1, 0.15) is 41.2 Å². The van der Waals surface area contributed by atoms with Crippen LogP contribution in [-0.4, -0.2) is 16.1 Å². The molecule has 13 heavy (non-hydrogen) atoms. The Bertz CT molecular complexity index is 342. The molecular formula is C9H11ClN2O. The molecule has 0 aromatic carbocycles. The number of aryl methyl sites for hydroxylation is 1. The number of hydrogen-bond donors (Lipinski definition) is 0. The molecule has 1 saturated carbocycles. The van der Waals surface area contributed by atoms with Crippen LogP contribution in [0, 0.1) is 0 Å². The van der Waals surface area contributed by atoms with Crippen molar-refractivity contribution >= 4 is 17.9 Å². The molecule has 0 bridgehead atoms. The van der Waals surface area contributed by atoms with E-state index in [9.17, 15) is 4.79 Å². The van der Waals surface area contributed by atoms with Gasteiger partial charge in [-0.25, -0.2) is 0 Å². The van der Waals surface area contributed by atoms with Crippen LogP contribution < -0.4 is 0 Å². The number of halogens is 1. The first-order chi connectivity index (χ1) is 6.24. The molecule has 1 fully saturated rings. The molecule has 1 aromatic heterocycles. The van der Waals surface area contributed by atoms with E-state index in [1.54, 1.807) is 4.68 Å². The van der Waals surface area contributed by atoms with Gasteiger partial charge >= 0.3 is 0 Å².